The predicted molar refractivity (Wildman–Crippen MR) is 36.1 cm³/mol. The zero-order valence-electron chi connectivity index (χ0n) is 4.83. The standard InChI is InChI=1S/C4H7N3.BrH/c1-4-5-3-7(2)6-4;/h3H,1-2H3;1H. The first-order valence-electron chi connectivity index (χ1n) is 2.11. The van der Waals surface area contributed by atoms with Crippen LogP contribution in [-0.4, -0.2) is 14.8 Å². The van der Waals surface area contributed by atoms with Crippen molar-refractivity contribution in [3.8, 4) is 0 Å². The van der Waals surface area contributed by atoms with Crippen LogP contribution in [0.25, 0.3) is 0 Å². The van der Waals surface area contributed by atoms with E-state index in [1.165, 1.54) is 0 Å². The van der Waals surface area contributed by atoms with Crippen molar-refractivity contribution in [2.45, 2.75) is 6.92 Å². The SMILES string of the molecule is Br.Cc1ncn(C)n1. The molecule has 0 aliphatic rings. The fourth-order valence-corrected chi connectivity index (χ4v) is 0.447. The average molecular weight is 178 g/mol. The Morgan fingerprint density at radius 3 is 2.38 bits per heavy atom. The van der Waals surface area contributed by atoms with Gasteiger partial charge in [-0.25, -0.2) is 4.98 Å². The van der Waals surface area contributed by atoms with E-state index in [-0.39, 0.29) is 17.0 Å². The third-order valence-electron chi connectivity index (χ3n) is 0.714. The fourth-order valence-electron chi connectivity index (χ4n) is 0.447. The Hall–Kier alpha value is -0.380. The van der Waals surface area contributed by atoms with Gasteiger partial charge >= 0.3 is 0 Å². The Balaban J connectivity index is 0.000000490. The van der Waals surface area contributed by atoms with Crippen molar-refractivity contribution in [1.82, 2.24) is 14.8 Å². The van der Waals surface area contributed by atoms with Crippen LogP contribution in [0.15, 0.2) is 6.33 Å². The van der Waals surface area contributed by atoms with Crippen molar-refractivity contribution in [1.29, 1.82) is 0 Å². The molecule has 0 amide bonds. The lowest BCUT2D eigenvalue weighted by atomic mass is 10.8. The highest BCUT2D eigenvalue weighted by molar-refractivity contribution is 8.93. The van der Waals surface area contributed by atoms with Gasteiger partial charge in [0.05, 0.1) is 0 Å². The van der Waals surface area contributed by atoms with Crippen molar-refractivity contribution in [3.63, 3.8) is 0 Å². The van der Waals surface area contributed by atoms with Gasteiger partial charge in [-0.3, -0.25) is 4.68 Å². The quantitative estimate of drug-likeness (QED) is 0.585. The number of aromatic nitrogens is 3. The van der Waals surface area contributed by atoms with Crippen LogP contribution in [0.3, 0.4) is 0 Å². The van der Waals surface area contributed by atoms with Crippen molar-refractivity contribution >= 4 is 17.0 Å². The van der Waals surface area contributed by atoms with Crippen molar-refractivity contribution < 1.29 is 0 Å². The number of hydrogen-bond donors (Lipinski definition) is 0. The summed E-state index contributed by atoms with van der Waals surface area (Å²) in [5.74, 6) is 0.822. The van der Waals surface area contributed by atoms with E-state index in [9.17, 15) is 0 Å². The van der Waals surface area contributed by atoms with Crippen LogP contribution >= 0.6 is 17.0 Å². The number of hydrogen-bond acceptors (Lipinski definition) is 2. The third-order valence-corrected chi connectivity index (χ3v) is 0.714. The molecule has 4 heteroatoms. The highest BCUT2D eigenvalue weighted by Crippen LogP contribution is 1.79. The van der Waals surface area contributed by atoms with Crippen LogP contribution in [-0.2, 0) is 7.05 Å². The molecule has 1 aromatic rings. The molecule has 0 aromatic carbocycles. The predicted octanol–water partition coefficient (Wildman–Crippen LogP) is 0.701. The van der Waals surface area contributed by atoms with Crippen LogP contribution in [0.1, 0.15) is 5.82 Å². The van der Waals surface area contributed by atoms with Gasteiger partial charge in [0, 0.05) is 7.05 Å². The Bertz CT molecular complexity index is 144. The molecule has 0 bridgehead atoms. The third kappa shape index (κ3) is 1.61. The summed E-state index contributed by atoms with van der Waals surface area (Å²) in [7, 11) is 1.85. The number of nitrogens with zero attached hydrogens (tertiary/aromatic N) is 3. The van der Waals surface area contributed by atoms with Crippen LogP contribution in [0, 0.1) is 6.92 Å². The first-order valence-corrected chi connectivity index (χ1v) is 2.11. The maximum absolute atomic E-state index is 3.92. The summed E-state index contributed by atoms with van der Waals surface area (Å²) in [4.78, 5) is 3.87. The Labute approximate surface area is 58.5 Å². The van der Waals surface area contributed by atoms with E-state index in [1.54, 1.807) is 11.0 Å². The lowest BCUT2D eigenvalue weighted by Gasteiger charge is -1.76. The molecular weight excluding hydrogens is 170 g/mol. The second kappa shape index (κ2) is 2.81. The minimum absolute atomic E-state index is 0. The molecule has 0 unspecified atom stereocenters. The van der Waals surface area contributed by atoms with Crippen LogP contribution < -0.4 is 0 Å². The highest BCUT2D eigenvalue weighted by atomic mass is 79.9. The topological polar surface area (TPSA) is 30.7 Å². The molecule has 1 aromatic heterocycles. The van der Waals surface area contributed by atoms with Crippen molar-refractivity contribution in [3.05, 3.63) is 12.2 Å². The van der Waals surface area contributed by atoms with Crippen LogP contribution in [0.2, 0.25) is 0 Å². The monoisotopic (exact) mass is 177 g/mol. The van der Waals surface area contributed by atoms with Crippen molar-refractivity contribution in [2.24, 2.45) is 7.05 Å². The van der Waals surface area contributed by atoms with Gasteiger partial charge in [0.1, 0.15) is 12.2 Å². The molecule has 1 rings (SSSR count). The van der Waals surface area contributed by atoms with E-state index < -0.39 is 0 Å². The molecule has 3 nitrogen and oxygen atoms in total. The van der Waals surface area contributed by atoms with Crippen LogP contribution in [0.4, 0.5) is 0 Å². The van der Waals surface area contributed by atoms with Gasteiger partial charge in [0.2, 0.25) is 0 Å². The van der Waals surface area contributed by atoms with Crippen molar-refractivity contribution in [2.75, 3.05) is 0 Å². The van der Waals surface area contributed by atoms with Gasteiger partial charge in [-0.1, -0.05) is 0 Å². The maximum atomic E-state index is 3.92. The minimum atomic E-state index is 0. The van der Waals surface area contributed by atoms with Gasteiger partial charge < -0.3 is 0 Å². The summed E-state index contributed by atoms with van der Waals surface area (Å²) in [6.07, 6.45) is 1.68. The summed E-state index contributed by atoms with van der Waals surface area (Å²) in [6, 6.07) is 0. The summed E-state index contributed by atoms with van der Waals surface area (Å²) in [5, 5.41) is 3.92. The smallest absolute Gasteiger partial charge is 0.147 e. The summed E-state index contributed by atoms with van der Waals surface area (Å²) < 4.78 is 1.68. The first kappa shape index (κ1) is 7.62. The second-order valence-electron chi connectivity index (χ2n) is 1.47. The molecular formula is C4H8BrN3. The Kier molecular flexibility index (Phi) is 2.68. The lowest BCUT2D eigenvalue weighted by Crippen LogP contribution is -1.86. The molecule has 8 heavy (non-hydrogen) atoms. The van der Waals surface area contributed by atoms with E-state index in [1.807, 2.05) is 14.0 Å². The second-order valence-corrected chi connectivity index (χ2v) is 1.47. The van der Waals surface area contributed by atoms with E-state index in [4.69, 9.17) is 0 Å². The van der Waals surface area contributed by atoms with E-state index in [2.05, 4.69) is 10.1 Å². The van der Waals surface area contributed by atoms with Crippen LogP contribution in [0.5, 0.6) is 0 Å². The molecule has 0 aliphatic carbocycles. The van der Waals surface area contributed by atoms with E-state index in [0.717, 1.165) is 5.82 Å². The average Bonchev–Trinajstić information content (AvgIpc) is 1.87. The lowest BCUT2D eigenvalue weighted by molar-refractivity contribution is 0.756. The number of halogens is 1. The Morgan fingerprint density at radius 1 is 1.62 bits per heavy atom. The molecule has 46 valence electrons. The first-order chi connectivity index (χ1) is 3.29. The molecule has 0 spiro atoms. The largest absolute Gasteiger partial charge is 0.256 e. The van der Waals surface area contributed by atoms with Gasteiger partial charge in [-0.05, 0) is 6.92 Å². The summed E-state index contributed by atoms with van der Waals surface area (Å²) in [5.41, 5.74) is 0. The molecule has 0 atom stereocenters. The zero-order valence-corrected chi connectivity index (χ0v) is 6.54. The molecule has 0 radical (unpaired) electrons. The molecule has 1 heterocycles. The normalized spacial score (nSPS) is 8.25. The van der Waals surface area contributed by atoms with Gasteiger partial charge in [-0.15, -0.1) is 17.0 Å². The molecule has 0 aliphatic heterocycles. The molecule has 0 N–H and O–H groups in total. The maximum Gasteiger partial charge on any atom is 0.147 e. The minimum Gasteiger partial charge on any atom is -0.256 e. The number of aryl methyl sites for hydroxylation is 2. The number of rotatable bonds is 0. The van der Waals surface area contributed by atoms with E-state index in [0.29, 0.717) is 0 Å². The molecule has 0 fully saturated rings. The highest BCUT2D eigenvalue weighted by Gasteiger charge is 1.83. The van der Waals surface area contributed by atoms with Gasteiger partial charge in [0.25, 0.3) is 0 Å². The summed E-state index contributed by atoms with van der Waals surface area (Å²) in [6.45, 7) is 1.86. The Morgan fingerprint density at radius 2 is 2.25 bits per heavy atom. The fraction of sp³-hybridized carbons (Fsp3) is 0.500. The van der Waals surface area contributed by atoms with Gasteiger partial charge in [-0.2, -0.15) is 5.10 Å². The zero-order chi connectivity index (χ0) is 5.28. The van der Waals surface area contributed by atoms with Gasteiger partial charge in [0.15, 0.2) is 0 Å². The summed E-state index contributed by atoms with van der Waals surface area (Å²) >= 11 is 0. The van der Waals surface area contributed by atoms with E-state index >= 15 is 0 Å². The molecule has 0 saturated carbocycles. The molecule has 0 saturated heterocycles.